The van der Waals surface area contributed by atoms with Crippen LogP contribution < -0.4 is 5.32 Å². The van der Waals surface area contributed by atoms with Crippen molar-refractivity contribution in [3.8, 4) is 6.07 Å². The van der Waals surface area contributed by atoms with Crippen LogP contribution in [0.4, 0.5) is 5.69 Å². The van der Waals surface area contributed by atoms with E-state index < -0.39 is 0 Å². The Hall–Kier alpha value is -2.15. The van der Waals surface area contributed by atoms with Crippen LogP contribution in [0.15, 0.2) is 24.3 Å². The maximum Gasteiger partial charge on any atom is 0.186 e. The van der Waals surface area contributed by atoms with E-state index in [-0.39, 0.29) is 0 Å². The van der Waals surface area contributed by atoms with Crippen molar-refractivity contribution in [1.82, 2.24) is 10.2 Å². The Kier molecular flexibility index (Phi) is 2.19. The molecule has 17 heavy (non-hydrogen) atoms. The lowest BCUT2D eigenvalue weighted by molar-refractivity contribution is 0.926. The third kappa shape index (κ3) is 1.70. The van der Waals surface area contributed by atoms with Gasteiger partial charge in [0.15, 0.2) is 5.69 Å². The average molecular weight is 224 g/mol. The van der Waals surface area contributed by atoms with Crippen LogP contribution in [0.1, 0.15) is 19.0 Å². The van der Waals surface area contributed by atoms with E-state index in [1.54, 1.807) is 0 Å². The quantitative estimate of drug-likeness (QED) is 0.850. The molecule has 84 valence electrons. The Balaban J connectivity index is 2.14. The van der Waals surface area contributed by atoms with Crippen molar-refractivity contribution in [2.24, 2.45) is 5.92 Å². The number of nitrogens with one attached hydrogen (secondary N) is 1. The second-order valence-corrected chi connectivity index (χ2v) is 4.52. The molecule has 2 unspecified atom stereocenters. The summed E-state index contributed by atoms with van der Waals surface area (Å²) in [6.45, 7) is 2.19. The van der Waals surface area contributed by atoms with E-state index in [1.807, 2.05) is 24.3 Å². The van der Waals surface area contributed by atoms with Crippen LogP contribution in [0, 0.1) is 17.2 Å². The Morgan fingerprint density at radius 3 is 2.82 bits per heavy atom. The lowest BCUT2D eigenvalue weighted by atomic mass is 10.1. The van der Waals surface area contributed by atoms with Crippen LogP contribution in [-0.4, -0.2) is 16.2 Å². The third-order valence-corrected chi connectivity index (χ3v) is 3.21. The summed E-state index contributed by atoms with van der Waals surface area (Å²) in [5.41, 5.74) is 2.03. The Bertz CT molecular complexity index is 614. The molecule has 1 N–H and O–H groups in total. The molecular weight excluding hydrogens is 212 g/mol. The van der Waals surface area contributed by atoms with Crippen LogP contribution >= 0.6 is 0 Å². The van der Waals surface area contributed by atoms with Crippen LogP contribution in [0.25, 0.3) is 10.9 Å². The molecule has 4 nitrogen and oxygen atoms in total. The summed E-state index contributed by atoms with van der Waals surface area (Å²) >= 11 is 0. The van der Waals surface area contributed by atoms with Crippen molar-refractivity contribution in [1.29, 1.82) is 5.26 Å². The summed E-state index contributed by atoms with van der Waals surface area (Å²) in [7, 11) is 0. The van der Waals surface area contributed by atoms with E-state index in [9.17, 15) is 0 Å². The number of anilines is 1. The summed E-state index contributed by atoms with van der Waals surface area (Å²) in [4.78, 5) is 0. The molecule has 4 heteroatoms. The minimum atomic E-state index is 0.378. The molecule has 0 saturated heterocycles. The fraction of sp³-hybridized carbons (Fsp3) is 0.308. The summed E-state index contributed by atoms with van der Waals surface area (Å²) in [5, 5.41) is 21.5. The molecule has 0 spiro atoms. The van der Waals surface area contributed by atoms with Gasteiger partial charge in [0.05, 0.1) is 11.2 Å². The zero-order chi connectivity index (χ0) is 11.8. The molecule has 1 aliphatic rings. The maximum absolute atomic E-state index is 9.08. The Labute approximate surface area is 99.3 Å². The number of nitrogens with zero attached hydrogens (tertiary/aromatic N) is 3. The first kappa shape index (κ1) is 10.0. The number of hydrogen-bond donors (Lipinski definition) is 1. The van der Waals surface area contributed by atoms with E-state index in [2.05, 4.69) is 28.5 Å². The Morgan fingerprint density at radius 1 is 1.35 bits per heavy atom. The summed E-state index contributed by atoms with van der Waals surface area (Å²) in [6, 6.07) is 10.3. The van der Waals surface area contributed by atoms with Gasteiger partial charge >= 0.3 is 0 Å². The lowest BCUT2D eigenvalue weighted by Crippen LogP contribution is -2.07. The van der Waals surface area contributed by atoms with E-state index >= 15 is 0 Å². The van der Waals surface area contributed by atoms with Gasteiger partial charge in [-0.15, -0.1) is 10.2 Å². The minimum absolute atomic E-state index is 0.378. The predicted molar refractivity (Wildman–Crippen MR) is 65.4 cm³/mol. The van der Waals surface area contributed by atoms with Gasteiger partial charge in [0.1, 0.15) is 6.07 Å². The van der Waals surface area contributed by atoms with Crippen LogP contribution in [0.2, 0.25) is 0 Å². The zero-order valence-corrected chi connectivity index (χ0v) is 9.51. The summed E-state index contributed by atoms with van der Waals surface area (Å²) in [5.74, 6) is 0.675. The molecule has 3 rings (SSSR count). The molecule has 1 aromatic heterocycles. The van der Waals surface area contributed by atoms with Gasteiger partial charge in [0, 0.05) is 11.4 Å². The van der Waals surface area contributed by atoms with Gasteiger partial charge in [-0.2, -0.15) is 5.26 Å². The third-order valence-electron chi connectivity index (χ3n) is 3.21. The van der Waals surface area contributed by atoms with Gasteiger partial charge in [0.2, 0.25) is 0 Å². The highest BCUT2D eigenvalue weighted by Gasteiger charge is 2.33. The topological polar surface area (TPSA) is 61.6 Å². The number of rotatable bonds is 2. The highest BCUT2D eigenvalue weighted by molar-refractivity contribution is 5.93. The molecule has 0 aliphatic heterocycles. The number of hydrogen-bond acceptors (Lipinski definition) is 4. The highest BCUT2D eigenvalue weighted by Crippen LogP contribution is 2.35. The molecule has 1 fully saturated rings. The molecule has 1 heterocycles. The molecule has 1 aromatic carbocycles. The molecule has 1 saturated carbocycles. The van der Waals surface area contributed by atoms with Gasteiger partial charge in [-0.05, 0) is 18.4 Å². The molecular formula is C13H12N4. The number of benzene rings is 1. The zero-order valence-electron chi connectivity index (χ0n) is 9.51. The molecule has 0 bridgehead atoms. The normalized spacial score (nSPS) is 22.1. The molecule has 0 amide bonds. The van der Waals surface area contributed by atoms with Gasteiger partial charge in [-0.3, -0.25) is 0 Å². The van der Waals surface area contributed by atoms with Crippen molar-refractivity contribution < 1.29 is 0 Å². The van der Waals surface area contributed by atoms with Crippen molar-refractivity contribution in [3.63, 3.8) is 0 Å². The van der Waals surface area contributed by atoms with Crippen molar-refractivity contribution in [2.45, 2.75) is 19.4 Å². The van der Waals surface area contributed by atoms with Gasteiger partial charge in [0.25, 0.3) is 0 Å². The second-order valence-electron chi connectivity index (χ2n) is 4.52. The average Bonchev–Trinajstić information content (AvgIpc) is 3.05. The molecule has 0 radical (unpaired) electrons. The van der Waals surface area contributed by atoms with Crippen LogP contribution in [0.5, 0.6) is 0 Å². The van der Waals surface area contributed by atoms with Crippen LogP contribution in [-0.2, 0) is 0 Å². The van der Waals surface area contributed by atoms with Gasteiger partial charge in [-0.25, -0.2) is 0 Å². The van der Waals surface area contributed by atoms with Crippen molar-refractivity contribution >= 4 is 16.6 Å². The first-order valence-electron chi connectivity index (χ1n) is 5.71. The highest BCUT2D eigenvalue weighted by atomic mass is 15.1. The second kappa shape index (κ2) is 3.70. The standard InChI is InChI=1S/C13H12N4/c1-8-6-11(8)15-13-9-4-2-3-5-10(9)16-17-12(13)7-14/h2-5,8,11H,6H2,1H3,(H,15,16). The predicted octanol–water partition coefficient (Wildman–Crippen LogP) is 2.32. The van der Waals surface area contributed by atoms with Gasteiger partial charge < -0.3 is 5.32 Å². The first-order valence-corrected chi connectivity index (χ1v) is 5.71. The van der Waals surface area contributed by atoms with Crippen molar-refractivity contribution in [3.05, 3.63) is 30.0 Å². The first-order chi connectivity index (χ1) is 8.29. The fourth-order valence-corrected chi connectivity index (χ4v) is 1.99. The van der Waals surface area contributed by atoms with E-state index in [0.717, 1.165) is 23.0 Å². The number of aromatic nitrogens is 2. The summed E-state index contributed by atoms with van der Waals surface area (Å²) in [6.07, 6.45) is 1.15. The van der Waals surface area contributed by atoms with Gasteiger partial charge in [-0.1, -0.05) is 25.1 Å². The Morgan fingerprint density at radius 2 is 2.12 bits per heavy atom. The molecule has 1 aliphatic carbocycles. The van der Waals surface area contributed by atoms with Crippen molar-refractivity contribution in [2.75, 3.05) is 5.32 Å². The smallest absolute Gasteiger partial charge is 0.186 e. The minimum Gasteiger partial charge on any atom is -0.379 e. The number of nitriles is 1. The largest absolute Gasteiger partial charge is 0.379 e. The fourth-order valence-electron chi connectivity index (χ4n) is 1.99. The van der Waals surface area contributed by atoms with E-state index in [0.29, 0.717) is 17.7 Å². The lowest BCUT2D eigenvalue weighted by Gasteiger charge is -2.09. The molecule has 2 aromatic rings. The number of fused-ring (bicyclic) bond motifs is 1. The summed E-state index contributed by atoms with van der Waals surface area (Å²) < 4.78 is 0. The molecule has 2 atom stereocenters. The van der Waals surface area contributed by atoms with E-state index in [1.165, 1.54) is 0 Å². The monoisotopic (exact) mass is 224 g/mol. The van der Waals surface area contributed by atoms with E-state index in [4.69, 9.17) is 5.26 Å². The van der Waals surface area contributed by atoms with Crippen LogP contribution in [0.3, 0.4) is 0 Å². The SMILES string of the molecule is CC1CC1Nc1c(C#N)nnc2ccccc12. The maximum atomic E-state index is 9.08.